The molecule has 0 amide bonds. The lowest BCUT2D eigenvalue weighted by molar-refractivity contribution is -0.159. The molecule has 9 unspecified atom stereocenters. The molecule has 0 radical (unpaired) electrons. The lowest BCUT2D eigenvalue weighted by atomic mass is 9.44. The van der Waals surface area contributed by atoms with E-state index >= 15 is 0 Å². The van der Waals surface area contributed by atoms with Crippen molar-refractivity contribution in [1.82, 2.24) is 4.90 Å². The summed E-state index contributed by atoms with van der Waals surface area (Å²) >= 11 is 0. The minimum absolute atomic E-state index is 0.332. The van der Waals surface area contributed by atoms with Gasteiger partial charge in [0.2, 0.25) is 0 Å². The van der Waals surface area contributed by atoms with Crippen LogP contribution in [-0.4, -0.2) is 66.7 Å². The van der Waals surface area contributed by atoms with Crippen LogP contribution in [0.25, 0.3) is 0 Å². The monoisotopic (exact) mass is 533 g/mol. The number of carboxylic acid groups (broad SMARTS) is 1. The highest BCUT2D eigenvalue weighted by Gasteiger charge is 2.60. The average Bonchev–Trinajstić information content (AvgIpc) is 3.25. The van der Waals surface area contributed by atoms with Crippen LogP contribution in [0, 0.1) is 46.3 Å². The van der Waals surface area contributed by atoms with Gasteiger partial charge in [0, 0.05) is 19.0 Å². The predicted molar refractivity (Wildman–Crippen MR) is 146 cm³/mol. The molecule has 38 heavy (non-hydrogen) atoms. The molecule has 0 aromatic carbocycles. The first kappa shape index (κ1) is 29.5. The third kappa shape index (κ3) is 5.84. The highest BCUT2D eigenvalue weighted by Crippen LogP contribution is 2.67. The van der Waals surface area contributed by atoms with Gasteiger partial charge in [0.05, 0.1) is 13.2 Å². The van der Waals surface area contributed by atoms with E-state index in [0.717, 1.165) is 29.6 Å². The molecule has 1 N–H and O–H groups in total. The Labute approximate surface area is 229 Å². The Bertz CT molecular complexity index is 870. The number of ketones is 1. The number of morpholine rings is 1. The van der Waals surface area contributed by atoms with Crippen LogP contribution in [-0.2, 0) is 23.9 Å². The van der Waals surface area contributed by atoms with E-state index in [4.69, 9.17) is 9.84 Å². The fraction of sp³-hybridized carbons (Fsp3) is 0.903. The molecule has 0 bridgehead atoms. The number of hydrogen-bond donors (Lipinski definition) is 1. The quantitative estimate of drug-likeness (QED) is 0.485. The Hall–Kier alpha value is -1.47. The van der Waals surface area contributed by atoms with Crippen molar-refractivity contribution >= 4 is 17.7 Å². The number of esters is 1. The molecule has 216 valence electrons. The molecule has 0 aromatic heterocycles. The van der Waals surface area contributed by atoms with Gasteiger partial charge in [-0.15, -0.1) is 0 Å². The standard InChI is InChI=1S/C22H36O.C9H15NO5/c1-14-9-11-21(3)16(13-14)5-6-17-19-8-7-18(15(2)23)22(19,4)12-10-20(17)21;1-7(9(13)15-6-8(11)12)10-2-4-14-5-3-10/h14,16-20H,5-13H2,1-4H3;7H,2-6H2,1H3,(H,11,12). The molecule has 5 aliphatic rings. The maximum absolute atomic E-state index is 12.2. The van der Waals surface area contributed by atoms with Gasteiger partial charge in [-0.3, -0.25) is 14.5 Å². The van der Waals surface area contributed by atoms with E-state index in [9.17, 15) is 14.4 Å². The molecular formula is C31H51NO6. The van der Waals surface area contributed by atoms with Crippen molar-refractivity contribution in [2.45, 2.75) is 98.4 Å². The van der Waals surface area contributed by atoms with Crippen LogP contribution in [0.5, 0.6) is 0 Å². The van der Waals surface area contributed by atoms with E-state index in [0.29, 0.717) is 48.8 Å². The molecular weight excluding hydrogens is 482 g/mol. The van der Waals surface area contributed by atoms with E-state index in [1.807, 2.05) is 11.8 Å². The zero-order valence-corrected chi connectivity index (χ0v) is 24.4. The Morgan fingerprint density at radius 1 is 0.974 bits per heavy atom. The molecule has 9 atom stereocenters. The number of rotatable bonds is 5. The molecule has 0 aromatic rings. The Morgan fingerprint density at radius 2 is 1.63 bits per heavy atom. The summed E-state index contributed by atoms with van der Waals surface area (Å²) in [5, 5.41) is 8.34. The highest BCUT2D eigenvalue weighted by atomic mass is 16.6. The van der Waals surface area contributed by atoms with Gasteiger partial charge in [-0.1, -0.05) is 27.2 Å². The summed E-state index contributed by atoms with van der Waals surface area (Å²) in [5.41, 5.74) is 0.948. The van der Waals surface area contributed by atoms with E-state index in [-0.39, 0.29) is 0 Å². The molecule has 1 heterocycles. The number of carbonyl (C=O) groups is 3. The third-order valence-corrected chi connectivity index (χ3v) is 11.7. The van der Waals surface area contributed by atoms with Crippen LogP contribution >= 0.6 is 0 Å². The largest absolute Gasteiger partial charge is 0.479 e. The van der Waals surface area contributed by atoms with Crippen molar-refractivity contribution in [3.63, 3.8) is 0 Å². The normalized spacial score (nSPS) is 41.4. The van der Waals surface area contributed by atoms with Crippen molar-refractivity contribution in [3.8, 4) is 0 Å². The summed E-state index contributed by atoms with van der Waals surface area (Å²) in [6.45, 7) is 13.1. The zero-order chi connectivity index (χ0) is 27.7. The Kier molecular flexibility index (Phi) is 9.28. The number of ether oxygens (including phenoxy) is 2. The van der Waals surface area contributed by atoms with Gasteiger partial charge in [0.25, 0.3) is 0 Å². The first-order chi connectivity index (χ1) is 18.0. The van der Waals surface area contributed by atoms with E-state index in [1.54, 1.807) is 6.92 Å². The van der Waals surface area contributed by atoms with Crippen molar-refractivity contribution in [2.24, 2.45) is 46.3 Å². The van der Waals surface area contributed by atoms with Crippen LogP contribution in [0.15, 0.2) is 0 Å². The van der Waals surface area contributed by atoms with Crippen molar-refractivity contribution in [2.75, 3.05) is 32.9 Å². The fourth-order valence-electron chi connectivity index (χ4n) is 9.51. The van der Waals surface area contributed by atoms with Crippen LogP contribution in [0.4, 0.5) is 0 Å². The molecule has 5 fully saturated rings. The Morgan fingerprint density at radius 3 is 2.29 bits per heavy atom. The van der Waals surface area contributed by atoms with Gasteiger partial charge in [0.15, 0.2) is 6.61 Å². The highest BCUT2D eigenvalue weighted by molar-refractivity contribution is 5.79. The van der Waals surface area contributed by atoms with Crippen LogP contribution in [0.1, 0.15) is 92.4 Å². The summed E-state index contributed by atoms with van der Waals surface area (Å²) < 4.78 is 9.74. The maximum atomic E-state index is 12.2. The molecule has 7 heteroatoms. The number of carboxylic acids is 1. The van der Waals surface area contributed by atoms with Gasteiger partial charge in [-0.2, -0.15) is 0 Å². The van der Waals surface area contributed by atoms with Crippen molar-refractivity contribution < 1.29 is 29.0 Å². The SMILES string of the molecule is CC(=O)C1CCC2C3CCC4CC(C)CCC4(C)C3CCC12C.CC(C(=O)OCC(=O)O)N1CCOCC1. The molecule has 7 nitrogen and oxygen atoms in total. The van der Waals surface area contributed by atoms with E-state index < -0.39 is 24.6 Å². The van der Waals surface area contributed by atoms with Crippen molar-refractivity contribution in [1.29, 1.82) is 0 Å². The van der Waals surface area contributed by atoms with Gasteiger partial charge in [-0.25, -0.2) is 4.79 Å². The molecule has 1 aliphatic heterocycles. The topological polar surface area (TPSA) is 93.1 Å². The smallest absolute Gasteiger partial charge is 0.341 e. The predicted octanol–water partition coefficient (Wildman–Crippen LogP) is 5.21. The molecule has 4 aliphatic carbocycles. The van der Waals surface area contributed by atoms with E-state index in [1.165, 1.54) is 57.8 Å². The van der Waals surface area contributed by atoms with Crippen molar-refractivity contribution in [3.05, 3.63) is 0 Å². The summed E-state index contributed by atoms with van der Waals surface area (Å²) in [4.78, 5) is 35.7. The third-order valence-electron chi connectivity index (χ3n) is 11.7. The lowest BCUT2D eigenvalue weighted by Gasteiger charge is -2.61. The minimum Gasteiger partial charge on any atom is -0.479 e. The summed E-state index contributed by atoms with van der Waals surface area (Å²) in [6.07, 6.45) is 12.6. The first-order valence-corrected chi connectivity index (χ1v) is 15.2. The van der Waals surface area contributed by atoms with Gasteiger partial charge < -0.3 is 14.6 Å². The van der Waals surface area contributed by atoms with Gasteiger partial charge >= 0.3 is 11.9 Å². The lowest BCUT2D eigenvalue weighted by Crippen LogP contribution is -2.53. The maximum Gasteiger partial charge on any atom is 0.341 e. The second-order valence-corrected chi connectivity index (χ2v) is 13.6. The summed E-state index contributed by atoms with van der Waals surface area (Å²) in [6, 6.07) is -0.409. The second-order valence-electron chi connectivity index (χ2n) is 13.6. The summed E-state index contributed by atoms with van der Waals surface area (Å²) in [7, 11) is 0. The van der Waals surface area contributed by atoms with Crippen LogP contribution in [0.2, 0.25) is 0 Å². The molecule has 0 spiro atoms. The van der Waals surface area contributed by atoms with Gasteiger partial charge in [-0.05, 0) is 106 Å². The van der Waals surface area contributed by atoms with Crippen LogP contribution in [0.3, 0.4) is 0 Å². The number of fused-ring (bicyclic) bond motifs is 5. The number of nitrogens with zero attached hydrogens (tertiary/aromatic N) is 1. The number of Topliss-reactive ketones (excluding diaryl/α,β-unsaturated/α-hetero) is 1. The molecule has 4 saturated carbocycles. The van der Waals surface area contributed by atoms with E-state index in [2.05, 4.69) is 25.5 Å². The summed E-state index contributed by atoms with van der Waals surface area (Å²) in [5.74, 6) is 3.86. The Balaban J connectivity index is 0.000000196. The number of aliphatic carboxylic acids is 1. The van der Waals surface area contributed by atoms with Gasteiger partial charge in [0.1, 0.15) is 11.8 Å². The first-order valence-electron chi connectivity index (χ1n) is 15.2. The average molecular weight is 534 g/mol. The minimum atomic E-state index is -1.14. The second kappa shape index (κ2) is 12.0. The number of carbonyl (C=O) groups excluding carboxylic acids is 2. The molecule has 5 rings (SSSR count). The fourth-order valence-corrected chi connectivity index (χ4v) is 9.51. The number of hydrogen-bond acceptors (Lipinski definition) is 6. The molecule has 1 saturated heterocycles. The van der Waals surface area contributed by atoms with Crippen LogP contribution < -0.4 is 0 Å². The zero-order valence-electron chi connectivity index (χ0n) is 24.4.